The van der Waals surface area contributed by atoms with Gasteiger partial charge in [0.05, 0.1) is 11.6 Å². The summed E-state index contributed by atoms with van der Waals surface area (Å²) < 4.78 is 14.9. The highest BCUT2D eigenvalue weighted by Gasteiger charge is 2.27. The summed E-state index contributed by atoms with van der Waals surface area (Å²) in [5.74, 6) is -2.19. The Kier molecular flexibility index (Phi) is 5.35. The Morgan fingerprint density at radius 3 is 2.69 bits per heavy atom. The van der Waals surface area contributed by atoms with Gasteiger partial charge in [0.15, 0.2) is 5.69 Å². The molecule has 7 heteroatoms. The average Bonchev–Trinajstić information content (AvgIpc) is 3.21. The van der Waals surface area contributed by atoms with Crippen LogP contribution < -0.4 is 5.32 Å². The summed E-state index contributed by atoms with van der Waals surface area (Å²) in [6.07, 6.45) is 3.75. The van der Waals surface area contributed by atoms with Gasteiger partial charge in [-0.2, -0.15) is 5.10 Å². The van der Waals surface area contributed by atoms with Crippen molar-refractivity contribution >= 4 is 11.9 Å². The molecule has 1 aromatic carbocycles. The van der Waals surface area contributed by atoms with Crippen molar-refractivity contribution in [3.05, 3.63) is 47.0 Å². The fourth-order valence-electron chi connectivity index (χ4n) is 3.38. The maximum absolute atomic E-state index is 13.2. The largest absolute Gasteiger partial charge is 0.481 e. The number of carboxylic acid groups (broad SMARTS) is 1. The van der Waals surface area contributed by atoms with Gasteiger partial charge in [0, 0.05) is 17.8 Å². The lowest BCUT2D eigenvalue weighted by Crippen LogP contribution is -2.33. The number of hydrogen-bond donors (Lipinski definition) is 2. The fourth-order valence-corrected chi connectivity index (χ4v) is 3.38. The number of nitrogens with zero attached hydrogens (tertiary/aromatic N) is 2. The number of benzene rings is 1. The molecule has 0 fully saturated rings. The number of nitrogens with one attached hydrogen (secondary N) is 1. The number of aliphatic carboxylic acids is 1. The third kappa shape index (κ3) is 3.61. The summed E-state index contributed by atoms with van der Waals surface area (Å²) in [5, 5.41) is 16.4. The molecule has 0 saturated heterocycles. The van der Waals surface area contributed by atoms with E-state index in [1.165, 1.54) is 12.1 Å². The van der Waals surface area contributed by atoms with E-state index in [9.17, 15) is 19.1 Å². The van der Waals surface area contributed by atoms with Crippen molar-refractivity contribution in [2.24, 2.45) is 5.92 Å². The van der Waals surface area contributed by atoms with E-state index in [0.717, 1.165) is 36.9 Å². The molecule has 0 radical (unpaired) electrons. The standard InChI is InChI=1S/C19H22FN3O3/c1-2-4-12(19(25)26)11-21-18(24)17-15-5-3-6-16(15)23(22-17)14-9-7-13(20)8-10-14/h7-10,12H,2-6,11H2,1H3,(H,21,24)(H,25,26). The van der Waals surface area contributed by atoms with E-state index < -0.39 is 11.9 Å². The van der Waals surface area contributed by atoms with Crippen LogP contribution in [0.15, 0.2) is 24.3 Å². The molecule has 1 aromatic heterocycles. The van der Waals surface area contributed by atoms with E-state index >= 15 is 0 Å². The van der Waals surface area contributed by atoms with Gasteiger partial charge in [-0.25, -0.2) is 9.07 Å². The zero-order chi connectivity index (χ0) is 18.7. The van der Waals surface area contributed by atoms with Crippen LogP contribution in [0.1, 0.15) is 47.9 Å². The molecule has 1 atom stereocenters. The molecular weight excluding hydrogens is 337 g/mol. The van der Waals surface area contributed by atoms with E-state index in [2.05, 4.69) is 10.4 Å². The van der Waals surface area contributed by atoms with E-state index in [1.807, 2.05) is 6.92 Å². The third-order valence-electron chi connectivity index (χ3n) is 4.71. The number of fused-ring (bicyclic) bond motifs is 1. The number of aromatic nitrogens is 2. The summed E-state index contributed by atoms with van der Waals surface area (Å²) in [6.45, 7) is 2.00. The molecule has 1 amide bonds. The molecule has 2 aromatic rings. The normalized spacial score (nSPS) is 14.1. The lowest BCUT2D eigenvalue weighted by Gasteiger charge is -2.12. The highest BCUT2D eigenvalue weighted by Crippen LogP contribution is 2.28. The van der Waals surface area contributed by atoms with Gasteiger partial charge in [0.2, 0.25) is 0 Å². The van der Waals surface area contributed by atoms with Gasteiger partial charge in [-0.3, -0.25) is 9.59 Å². The van der Waals surface area contributed by atoms with Crippen LogP contribution in [-0.4, -0.2) is 33.3 Å². The molecule has 3 rings (SSSR count). The smallest absolute Gasteiger partial charge is 0.308 e. The van der Waals surface area contributed by atoms with Gasteiger partial charge in [-0.15, -0.1) is 0 Å². The molecule has 0 saturated carbocycles. The minimum Gasteiger partial charge on any atom is -0.481 e. The van der Waals surface area contributed by atoms with Crippen molar-refractivity contribution in [2.45, 2.75) is 39.0 Å². The molecule has 0 bridgehead atoms. The van der Waals surface area contributed by atoms with Crippen LogP contribution in [0.25, 0.3) is 5.69 Å². The molecule has 1 heterocycles. The number of hydrogen-bond acceptors (Lipinski definition) is 3. The monoisotopic (exact) mass is 359 g/mol. The topological polar surface area (TPSA) is 84.2 Å². The van der Waals surface area contributed by atoms with E-state index in [1.54, 1.807) is 16.8 Å². The first-order valence-corrected chi connectivity index (χ1v) is 8.89. The number of halogens is 1. The Bertz CT molecular complexity index is 814. The van der Waals surface area contributed by atoms with Gasteiger partial charge in [-0.1, -0.05) is 13.3 Å². The van der Waals surface area contributed by atoms with Crippen LogP contribution in [0.2, 0.25) is 0 Å². The van der Waals surface area contributed by atoms with Crippen molar-refractivity contribution in [1.29, 1.82) is 0 Å². The highest BCUT2D eigenvalue weighted by molar-refractivity contribution is 5.94. The van der Waals surface area contributed by atoms with Gasteiger partial charge in [0.1, 0.15) is 5.82 Å². The molecular formula is C19H22FN3O3. The van der Waals surface area contributed by atoms with Gasteiger partial charge in [-0.05, 0) is 49.9 Å². The zero-order valence-electron chi connectivity index (χ0n) is 14.7. The Morgan fingerprint density at radius 2 is 2.04 bits per heavy atom. The fraction of sp³-hybridized carbons (Fsp3) is 0.421. The average molecular weight is 359 g/mol. The molecule has 6 nitrogen and oxygen atoms in total. The van der Waals surface area contributed by atoms with Crippen LogP contribution in [0.4, 0.5) is 4.39 Å². The highest BCUT2D eigenvalue weighted by atomic mass is 19.1. The molecule has 138 valence electrons. The SMILES string of the molecule is CCCC(CNC(=O)c1nn(-c2ccc(F)cc2)c2c1CCC2)C(=O)O. The maximum atomic E-state index is 13.2. The third-order valence-corrected chi connectivity index (χ3v) is 4.71. The Hall–Kier alpha value is -2.70. The van der Waals surface area contributed by atoms with Crippen LogP contribution in [0.5, 0.6) is 0 Å². The molecule has 26 heavy (non-hydrogen) atoms. The Labute approximate surface area is 151 Å². The van der Waals surface area contributed by atoms with Crippen LogP contribution in [0.3, 0.4) is 0 Å². The molecule has 0 aliphatic heterocycles. The van der Waals surface area contributed by atoms with E-state index in [0.29, 0.717) is 17.8 Å². The van der Waals surface area contributed by atoms with Crippen LogP contribution >= 0.6 is 0 Å². The summed E-state index contributed by atoms with van der Waals surface area (Å²) in [7, 11) is 0. The van der Waals surface area contributed by atoms with Crippen molar-refractivity contribution in [1.82, 2.24) is 15.1 Å². The molecule has 1 aliphatic carbocycles. The summed E-state index contributed by atoms with van der Waals surface area (Å²) in [5.41, 5.74) is 2.90. The number of carboxylic acids is 1. The number of carbonyl (C=O) groups is 2. The van der Waals surface area contributed by atoms with Crippen molar-refractivity contribution in [3.8, 4) is 5.69 Å². The second-order valence-electron chi connectivity index (χ2n) is 6.55. The molecule has 1 aliphatic rings. The summed E-state index contributed by atoms with van der Waals surface area (Å²) >= 11 is 0. The first-order valence-electron chi connectivity index (χ1n) is 8.89. The van der Waals surface area contributed by atoms with Gasteiger partial charge in [0.25, 0.3) is 5.91 Å². The summed E-state index contributed by atoms with van der Waals surface area (Å²) in [4.78, 5) is 23.8. The molecule has 1 unspecified atom stereocenters. The maximum Gasteiger partial charge on any atom is 0.308 e. The number of rotatable bonds is 7. The van der Waals surface area contributed by atoms with Crippen LogP contribution in [0, 0.1) is 11.7 Å². The van der Waals surface area contributed by atoms with E-state index in [4.69, 9.17) is 0 Å². The van der Waals surface area contributed by atoms with Gasteiger partial charge < -0.3 is 10.4 Å². The zero-order valence-corrected chi connectivity index (χ0v) is 14.7. The van der Waals surface area contributed by atoms with Gasteiger partial charge >= 0.3 is 5.97 Å². The van der Waals surface area contributed by atoms with Crippen molar-refractivity contribution < 1.29 is 19.1 Å². The molecule has 2 N–H and O–H groups in total. The second kappa shape index (κ2) is 7.68. The second-order valence-corrected chi connectivity index (χ2v) is 6.55. The lowest BCUT2D eigenvalue weighted by atomic mass is 10.0. The minimum absolute atomic E-state index is 0.0835. The minimum atomic E-state index is -0.908. The Morgan fingerprint density at radius 1 is 1.31 bits per heavy atom. The Balaban J connectivity index is 1.82. The quantitative estimate of drug-likeness (QED) is 0.796. The van der Waals surface area contributed by atoms with Crippen molar-refractivity contribution in [3.63, 3.8) is 0 Å². The number of amides is 1. The lowest BCUT2D eigenvalue weighted by molar-refractivity contribution is -0.141. The summed E-state index contributed by atoms with van der Waals surface area (Å²) in [6, 6.07) is 5.98. The molecule has 0 spiro atoms. The van der Waals surface area contributed by atoms with Crippen molar-refractivity contribution in [2.75, 3.05) is 6.54 Å². The predicted octanol–water partition coefficient (Wildman–Crippen LogP) is 2.73. The first kappa shape index (κ1) is 18.1. The first-order chi connectivity index (χ1) is 12.5. The predicted molar refractivity (Wildman–Crippen MR) is 93.9 cm³/mol. The van der Waals surface area contributed by atoms with Crippen LogP contribution in [-0.2, 0) is 17.6 Å². The number of carbonyl (C=O) groups excluding carboxylic acids is 1. The van der Waals surface area contributed by atoms with E-state index in [-0.39, 0.29) is 18.3 Å².